The molecule has 0 aliphatic rings. The topological polar surface area (TPSA) is 76.2 Å². The maximum absolute atomic E-state index is 11.0. The molecule has 0 bridgehead atoms. The molecule has 0 atom stereocenters. The Bertz CT molecular complexity index is 743. The molecule has 21 heavy (non-hydrogen) atoms. The van der Waals surface area contributed by atoms with Crippen molar-refractivity contribution < 1.29 is 9.66 Å². The van der Waals surface area contributed by atoms with Crippen LogP contribution < -0.4 is 4.74 Å². The van der Waals surface area contributed by atoms with E-state index in [-0.39, 0.29) is 28.6 Å². The predicted molar refractivity (Wildman–Crippen MR) is 81.6 cm³/mol. The van der Waals surface area contributed by atoms with Gasteiger partial charge in [0.2, 0.25) is 5.75 Å². The Kier molecular flexibility index (Phi) is 4.78. The fraction of sp³-hybridized carbons (Fsp3) is 0.0714. The highest BCUT2D eigenvalue weighted by Crippen LogP contribution is 2.39. The minimum absolute atomic E-state index is 0.0534. The minimum Gasteiger partial charge on any atom is -0.448 e. The third kappa shape index (κ3) is 3.32. The third-order valence-corrected chi connectivity index (χ3v) is 3.61. The van der Waals surface area contributed by atoms with Crippen molar-refractivity contribution in [1.82, 2.24) is 0 Å². The number of nitrogens with zero attached hydrogens (tertiary/aromatic N) is 2. The van der Waals surface area contributed by atoms with Crippen molar-refractivity contribution in [2.75, 3.05) is 0 Å². The van der Waals surface area contributed by atoms with Crippen LogP contribution in [-0.2, 0) is 5.88 Å². The second kappa shape index (κ2) is 6.57. The Morgan fingerprint density at radius 3 is 2.76 bits per heavy atom. The van der Waals surface area contributed by atoms with Crippen LogP contribution >= 0.6 is 27.5 Å². The van der Waals surface area contributed by atoms with Crippen LogP contribution in [0.1, 0.15) is 11.1 Å². The van der Waals surface area contributed by atoms with Crippen LogP contribution in [0, 0.1) is 21.4 Å². The molecule has 5 nitrogen and oxygen atoms in total. The van der Waals surface area contributed by atoms with E-state index in [4.69, 9.17) is 21.6 Å². The van der Waals surface area contributed by atoms with E-state index in [9.17, 15) is 10.1 Å². The molecule has 0 aliphatic carbocycles. The van der Waals surface area contributed by atoms with E-state index in [2.05, 4.69) is 15.9 Å². The third-order valence-electron chi connectivity index (χ3n) is 2.67. The molecule has 0 saturated carbocycles. The van der Waals surface area contributed by atoms with Crippen molar-refractivity contribution in [2.45, 2.75) is 5.88 Å². The summed E-state index contributed by atoms with van der Waals surface area (Å²) in [5.41, 5.74) is 0.843. The highest BCUT2D eigenvalue weighted by Gasteiger charge is 2.20. The van der Waals surface area contributed by atoms with Crippen LogP contribution in [0.15, 0.2) is 40.9 Å². The lowest BCUT2D eigenvalue weighted by Crippen LogP contribution is -1.96. The number of para-hydroxylation sites is 1. The van der Waals surface area contributed by atoms with Gasteiger partial charge in [0, 0.05) is 11.9 Å². The first kappa shape index (κ1) is 15.3. The van der Waals surface area contributed by atoms with Crippen LogP contribution in [0.5, 0.6) is 11.5 Å². The normalized spacial score (nSPS) is 9.95. The summed E-state index contributed by atoms with van der Waals surface area (Å²) in [7, 11) is 0. The molecule has 106 valence electrons. The molecular formula is C14H8BrClN2O3. The lowest BCUT2D eigenvalue weighted by atomic mass is 10.1. The number of rotatable bonds is 4. The number of alkyl halides is 1. The van der Waals surface area contributed by atoms with Gasteiger partial charge < -0.3 is 4.74 Å². The number of benzene rings is 2. The standard InChI is InChI=1S/C14H8BrClN2O3/c15-11-2-1-3-12(18(19)20)14(11)21-13-5-4-9(7-16)6-10(13)8-17/h1-6H,7H2. The van der Waals surface area contributed by atoms with E-state index in [0.717, 1.165) is 5.56 Å². The summed E-state index contributed by atoms with van der Waals surface area (Å²) in [6.07, 6.45) is 0. The Labute approximate surface area is 134 Å². The lowest BCUT2D eigenvalue weighted by molar-refractivity contribution is -0.385. The van der Waals surface area contributed by atoms with Crippen LogP contribution in [0.25, 0.3) is 0 Å². The Morgan fingerprint density at radius 1 is 1.38 bits per heavy atom. The summed E-state index contributed by atoms with van der Waals surface area (Å²) in [5, 5.41) is 20.2. The van der Waals surface area contributed by atoms with Gasteiger partial charge in [-0.2, -0.15) is 5.26 Å². The van der Waals surface area contributed by atoms with E-state index in [1.54, 1.807) is 24.3 Å². The number of hydrogen-bond donors (Lipinski definition) is 0. The van der Waals surface area contributed by atoms with Gasteiger partial charge in [0.05, 0.1) is 15.0 Å². The first-order chi connectivity index (χ1) is 10.1. The molecule has 0 radical (unpaired) electrons. The molecular weight excluding hydrogens is 360 g/mol. The molecule has 0 unspecified atom stereocenters. The number of ether oxygens (including phenoxy) is 1. The minimum atomic E-state index is -0.542. The molecule has 0 fully saturated rings. The quantitative estimate of drug-likeness (QED) is 0.443. The highest BCUT2D eigenvalue weighted by molar-refractivity contribution is 9.10. The van der Waals surface area contributed by atoms with Gasteiger partial charge in [-0.05, 0) is 39.7 Å². The molecule has 2 aromatic carbocycles. The molecule has 7 heteroatoms. The summed E-state index contributed by atoms with van der Waals surface area (Å²) in [6, 6.07) is 11.3. The summed E-state index contributed by atoms with van der Waals surface area (Å²) in [4.78, 5) is 10.5. The van der Waals surface area contributed by atoms with Gasteiger partial charge >= 0.3 is 5.69 Å². The second-order valence-electron chi connectivity index (χ2n) is 4.02. The van der Waals surface area contributed by atoms with E-state index in [0.29, 0.717) is 4.47 Å². The molecule has 2 aromatic rings. The van der Waals surface area contributed by atoms with Gasteiger partial charge in [-0.3, -0.25) is 10.1 Å². The second-order valence-corrected chi connectivity index (χ2v) is 5.14. The Balaban J connectivity index is 2.48. The number of nitro groups is 1. The number of hydrogen-bond acceptors (Lipinski definition) is 4. The van der Waals surface area contributed by atoms with Crippen molar-refractivity contribution in [3.8, 4) is 17.6 Å². The monoisotopic (exact) mass is 366 g/mol. The highest BCUT2D eigenvalue weighted by atomic mass is 79.9. The number of halogens is 2. The predicted octanol–water partition coefficient (Wildman–Crippen LogP) is 4.76. The molecule has 2 rings (SSSR count). The van der Waals surface area contributed by atoms with Crippen molar-refractivity contribution in [2.24, 2.45) is 0 Å². The van der Waals surface area contributed by atoms with Crippen LogP contribution in [0.4, 0.5) is 5.69 Å². The van der Waals surface area contributed by atoms with Gasteiger partial charge in [0.15, 0.2) is 0 Å². The largest absolute Gasteiger partial charge is 0.448 e. The van der Waals surface area contributed by atoms with Crippen molar-refractivity contribution in [1.29, 1.82) is 5.26 Å². The summed E-state index contributed by atoms with van der Waals surface area (Å²) in [5.74, 6) is 0.559. The summed E-state index contributed by atoms with van der Waals surface area (Å²) in [6.45, 7) is 0. The smallest absolute Gasteiger partial charge is 0.312 e. The van der Waals surface area contributed by atoms with Crippen molar-refractivity contribution in [3.05, 3.63) is 62.1 Å². The summed E-state index contributed by atoms with van der Waals surface area (Å²) >= 11 is 8.93. The van der Waals surface area contributed by atoms with E-state index >= 15 is 0 Å². The zero-order valence-corrected chi connectivity index (χ0v) is 12.9. The van der Waals surface area contributed by atoms with E-state index in [1.165, 1.54) is 12.1 Å². The molecule has 0 saturated heterocycles. The fourth-order valence-electron chi connectivity index (χ4n) is 1.69. The number of nitro benzene ring substituents is 1. The van der Waals surface area contributed by atoms with Crippen LogP contribution in [0.2, 0.25) is 0 Å². The van der Waals surface area contributed by atoms with Gasteiger partial charge in [0.1, 0.15) is 11.8 Å². The van der Waals surface area contributed by atoms with Gasteiger partial charge in [0.25, 0.3) is 0 Å². The maximum Gasteiger partial charge on any atom is 0.312 e. The molecule has 0 amide bonds. The average molecular weight is 368 g/mol. The van der Waals surface area contributed by atoms with E-state index in [1.807, 2.05) is 6.07 Å². The van der Waals surface area contributed by atoms with Gasteiger partial charge in [-0.25, -0.2) is 0 Å². The molecule has 0 heterocycles. The number of nitriles is 1. The van der Waals surface area contributed by atoms with Crippen molar-refractivity contribution >= 4 is 33.2 Å². The van der Waals surface area contributed by atoms with Crippen molar-refractivity contribution in [3.63, 3.8) is 0 Å². The average Bonchev–Trinajstić information content (AvgIpc) is 2.49. The molecule has 0 aromatic heterocycles. The summed E-state index contributed by atoms with van der Waals surface area (Å²) < 4.78 is 6.00. The molecule has 0 N–H and O–H groups in total. The van der Waals surface area contributed by atoms with Gasteiger partial charge in [-0.1, -0.05) is 12.1 Å². The van der Waals surface area contributed by atoms with Crippen LogP contribution in [0.3, 0.4) is 0 Å². The zero-order chi connectivity index (χ0) is 15.4. The molecule has 0 spiro atoms. The Morgan fingerprint density at radius 2 is 2.14 bits per heavy atom. The lowest BCUT2D eigenvalue weighted by Gasteiger charge is -2.10. The van der Waals surface area contributed by atoms with E-state index < -0.39 is 4.92 Å². The van der Waals surface area contributed by atoms with Gasteiger partial charge in [-0.15, -0.1) is 11.6 Å². The fourth-order valence-corrected chi connectivity index (χ4v) is 2.29. The first-order valence-electron chi connectivity index (χ1n) is 5.76. The van der Waals surface area contributed by atoms with Crippen LogP contribution in [-0.4, -0.2) is 4.92 Å². The SMILES string of the molecule is N#Cc1cc(CCl)ccc1Oc1c(Br)cccc1[N+](=O)[O-]. The maximum atomic E-state index is 11.0. The zero-order valence-electron chi connectivity index (χ0n) is 10.5. The first-order valence-corrected chi connectivity index (χ1v) is 7.09. The molecule has 0 aliphatic heterocycles. The Hall–Kier alpha value is -2.10.